The van der Waals surface area contributed by atoms with Crippen molar-refractivity contribution >= 4 is 54.7 Å². The van der Waals surface area contributed by atoms with Gasteiger partial charge in [0.25, 0.3) is 0 Å². The van der Waals surface area contributed by atoms with Gasteiger partial charge in [0.1, 0.15) is 47.6 Å². The zero-order chi connectivity index (χ0) is 32.1. The van der Waals surface area contributed by atoms with Crippen LogP contribution in [-0.4, -0.2) is 76.2 Å². The average Bonchev–Trinajstić information content (AvgIpc) is 3.62. The van der Waals surface area contributed by atoms with Crippen LogP contribution in [0.15, 0.2) is 12.1 Å². The van der Waals surface area contributed by atoms with Gasteiger partial charge >= 0.3 is 6.01 Å². The molecule has 8 rings (SSSR count). The summed E-state index contributed by atoms with van der Waals surface area (Å²) in [4.78, 5) is 13.3. The van der Waals surface area contributed by atoms with Crippen molar-refractivity contribution in [3.8, 4) is 29.0 Å². The molecule has 46 heavy (non-hydrogen) atoms. The van der Waals surface area contributed by atoms with Crippen LogP contribution in [0.4, 0.5) is 24.0 Å². The topological polar surface area (TPSA) is 121 Å². The summed E-state index contributed by atoms with van der Waals surface area (Å²) >= 11 is 7.90. The first-order chi connectivity index (χ1) is 22.0. The lowest BCUT2D eigenvalue weighted by Crippen LogP contribution is -2.53. The van der Waals surface area contributed by atoms with Crippen molar-refractivity contribution in [1.82, 2.24) is 14.9 Å². The Hall–Kier alpha value is -3.57. The molecule has 3 saturated heterocycles. The Bertz CT molecular complexity index is 1980. The molecule has 240 valence electrons. The number of fused-ring (bicyclic) bond motifs is 4. The number of hydrogen-bond donors (Lipinski definition) is 2. The molecule has 9 nitrogen and oxygen atoms in total. The van der Waals surface area contributed by atoms with Crippen LogP contribution < -0.4 is 20.1 Å². The van der Waals surface area contributed by atoms with Crippen LogP contribution in [0.1, 0.15) is 44.6 Å². The highest BCUT2D eigenvalue weighted by Crippen LogP contribution is 2.52. The number of rotatable bonds is 4. The molecule has 0 amide bonds. The van der Waals surface area contributed by atoms with Gasteiger partial charge in [0, 0.05) is 30.5 Å². The molecule has 2 unspecified atom stereocenters. The smallest absolute Gasteiger partial charge is 0.319 e. The van der Waals surface area contributed by atoms with Gasteiger partial charge in [-0.15, -0.1) is 11.3 Å². The molecule has 0 radical (unpaired) electrons. The normalized spacial score (nSPS) is 27.4. The van der Waals surface area contributed by atoms with Crippen molar-refractivity contribution in [1.29, 1.82) is 5.26 Å². The number of aromatic nitrogens is 2. The second-order valence-electron chi connectivity index (χ2n) is 13.1. The van der Waals surface area contributed by atoms with Crippen LogP contribution >= 0.6 is 22.9 Å². The van der Waals surface area contributed by atoms with E-state index in [1.807, 2.05) is 11.0 Å². The molecular weight excluding hydrogens is 641 g/mol. The molecular formula is C32H30ClF3N6O3S. The molecule has 14 heteroatoms. The van der Waals surface area contributed by atoms with E-state index in [-0.39, 0.29) is 85.3 Å². The predicted molar refractivity (Wildman–Crippen MR) is 169 cm³/mol. The number of halogens is 4. The van der Waals surface area contributed by atoms with Gasteiger partial charge in [-0.05, 0) is 50.8 Å². The van der Waals surface area contributed by atoms with Gasteiger partial charge in [-0.2, -0.15) is 15.2 Å². The fraction of sp³-hybridized carbons (Fsp3) is 0.469. The summed E-state index contributed by atoms with van der Waals surface area (Å²) in [6.07, 6.45) is 2.16. The number of nitrogens with zero attached hydrogens (tertiary/aromatic N) is 5. The van der Waals surface area contributed by atoms with Gasteiger partial charge in [-0.25, -0.2) is 13.2 Å². The van der Waals surface area contributed by atoms with Crippen LogP contribution in [0.25, 0.3) is 32.1 Å². The molecule has 4 aliphatic rings. The molecule has 4 atom stereocenters. The molecule has 6 heterocycles. The Morgan fingerprint density at radius 3 is 2.91 bits per heavy atom. The maximum atomic E-state index is 17.1. The van der Waals surface area contributed by atoms with Gasteiger partial charge in [-0.3, -0.25) is 4.90 Å². The largest absolute Gasteiger partial charge is 0.489 e. The maximum absolute atomic E-state index is 17.1. The van der Waals surface area contributed by atoms with Crippen molar-refractivity contribution in [2.75, 3.05) is 43.5 Å². The number of hydrogen-bond acceptors (Lipinski definition) is 10. The fourth-order valence-electron chi connectivity index (χ4n) is 7.84. The summed E-state index contributed by atoms with van der Waals surface area (Å²) < 4.78 is 59.2. The van der Waals surface area contributed by atoms with Crippen LogP contribution in [0.5, 0.6) is 11.8 Å². The molecule has 3 fully saturated rings. The highest BCUT2D eigenvalue weighted by atomic mass is 35.5. The minimum Gasteiger partial charge on any atom is -0.489 e. The Kier molecular flexibility index (Phi) is 6.78. The number of piperidine rings is 1. The number of nitrogen functional groups attached to an aromatic ring is 1. The van der Waals surface area contributed by atoms with Crippen molar-refractivity contribution in [2.24, 2.45) is 0 Å². The Morgan fingerprint density at radius 1 is 1.28 bits per heavy atom. The third-order valence-electron chi connectivity index (χ3n) is 10.0. The van der Waals surface area contributed by atoms with E-state index in [4.69, 9.17) is 31.8 Å². The molecule has 0 spiro atoms. The lowest BCUT2D eigenvalue weighted by atomic mass is 9.90. The van der Waals surface area contributed by atoms with E-state index >= 15 is 4.39 Å². The molecule has 4 aliphatic heterocycles. The van der Waals surface area contributed by atoms with E-state index < -0.39 is 28.9 Å². The van der Waals surface area contributed by atoms with Crippen LogP contribution in [0, 0.1) is 23.0 Å². The molecule has 0 saturated carbocycles. The number of thiophene rings is 1. The van der Waals surface area contributed by atoms with E-state index in [0.717, 1.165) is 30.7 Å². The fourth-order valence-corrected chi connectivity index (χ4v) is 9.13. The Morgan fingerprint density at radius 2 is 2.11 bits per heavy atom. The summed E-state index contributed by atoms with van der Waals surface area (Å²) in [6, 6.07) is 4.25. The first-order valence-corrected chi connectivity index (χ1v) is 16.5. The monoisotopic (exact) mass is 670 g/mol. The van der Waals surface area contributed by atoms with Crippen LogP contribution in [0.2, 0.25) is 5.02 Å². The summed E-state index contributed by atoms with van der Waals surface area (Å²) in [5, 5.41) is 21.3. The van der Waals surface area contributed by atoms with Gasteiger partial charge in [0.15, 0.2) is 11.6 Å². The minimum absolute atomic E-state index is 0.0201. The third-order valence-corrected chi connectivity index (χ3v) is 11.4. The quantitative estimate of drug-likeness (QED) is 0.271. The molecule has 0 aliphatic carbocycles. The number of nitrogens with two attached hydrogens (primary N) is 1. The number of ether oxygens (including phenoxy) is 2. The first kappa shape index (κ1) is 29.8. The number of nitriles is 1. The van der Waals surface area contributed by atoms with Crippen molar-refractivity contribution in [3.05, 3.63) is 34.4 Å². The molecule has 2 aromatic heterocycles. The molecule has 4 aromatic rings. The highest BCUT2D eigenvalue weighted by Gasteiger charge is 2.49. The zero-order valence-corrected chi connectivity index (χ0v) is 26.5. The lowest BCUT2D eigenvalue weighted by molar-refractivity contribution is 0.0322. The maximum Gasteiger partial charge on any atom is 0.319 e. The first-order valence-electron chi connectivity index (χ1n) is 15.3. The van der Waals surface area contributed by atoms with Crippen molar-refractivity contribution in [3.63, 3.8) is 0 Å². The highest BCUT2D eigenvalue weighted by molar-refractivity contribution is 7.23. The van der Waals surface area contributed by atoms with Crippen LogP contribution in [-0.2, 0) is 0 Å². The number of anilines is 2. The number of alkyl halides is 1. The van der Waals surface area contributed by atoms with Gasteiger partial charge in [0.2, 0.25) is 0 Å². The summed E-state index contributed by atoms with van der Waals surface area (Å²) in [7, 11) is 0. The Labute approximate surface area is 271 Å². The van der Waals surface area contributed by atoms with Gasteiger partial charge < -0.3 is 25.2 Å². The van der Waals surface area contributed by atoms with E-state index in [2.05, 4.69) is 9.88 Å². The lowest BCUT2D eigenvalue weighted by Gasteiger charge is -2.42. The van der Waals surface area contributed by atoms with Crippen LogP contribution in [0.3, 0.4) is 0 Å². The van der Waals surface area contributed by atoms with E-state index in [9.17, 15) is 19.1 Å². The number of benzene rings is 2. The van der Waals surface area contributed by atoms with Crippen molar-refractivity contribution in [2.45, 2.75) is 62.4 Å². The van der Waals surface area contributed by atoms with E-state index in [1.54, 1.807) is 6.92 Å². The summed E-state index contributed by atoms with van der Waals surface area (Å²) in [5.41, 5.74) is 4.46. The third kappa shape index (κ3) is 4.41. The second-order valence-corrected chi connectivity index (χ2v) is 14.6. The minimum atomic E-state index is -1.04. The van der Waals surface area contributed by atoms with E-state index in [0.29, 0.717) is 31.6 Å². The average molecular weight is 671 g/mol. The summed E-state index contributed by atoms with van der Waals surface area (Å²) in [5.74, 6) is -0.993. The summed E-state index contributed by atoms with van der Waals surface area (Å²) in [6.45, 7) is 3.36. The predicted octanol–water partition coefficient (Wildman–Crippen LogP) is 5.96. The standard InChI is InChI=1S/C32H30ClF3N6O3S/c1-31(43)7-5-16-12-44-26-22-25(24(36)21(23(26)33)17-3-4-19(35)27-20(17)18(10-37)28(38)46-27)39-30(40-29(22)42(16)13-31)45-14-32-6-2-8-41(32)11-15(34)9-32/h3-4,15-16,43H,2,5-9,11-14,38H2,1H3/t15-,16?,31?,32+/m1/s1. The second kappa shape index (κ2) is 10.5. The Balaban J connectivity index is 1.35. The molecule has 0 bridgehead atoms. The van der Waals surface area contributed by atoms with Gasteiger partial charge in [0.05, 0.1) is 37.9 Å². The number of aliphatic hydroxyl groups is 1. The van der Waals surface area contributed by atoms with E-state index in [1.165, 1.54) is 12.1 Å². The SMILES string of the molecule is CC1(O)CCC2COc3c(Cl)c(-c4ccc(F)c5sc(N)c(C#N)c45)c(F)c4nc(OC[C@@]56CCCN5C[C@H](F)C6)nc(c34)N2C1. The molecule has 2 aromatic carbocycles. The van der Waals surface area contributed by atoms with Crippen molar-refractivity contribution < 1.29 is 27.8 Å². The zero-order valence-electron chi connectivity index (χ0n) is 24.9. The molecule has 3 N–H and O–H groups in total. The van der Waals surface area contributed by atoms with Gasteiger partial charge in [-0.1, -0.05) is 17.7 Å².